The van der Waals surface area contributed by atoms with E-state index in [0.717, 1.165) is 10.4 Å². The molecule has 1 amide bonds. The Morgan fingerprint density at radius 1 is 0.906 bits per heavy atom. The van der Waals surface area contributed by atoms with Crippen LogP contribution in [0.1, 0.15) is 48.0 Å². The summed E-state index contributed by atoms with van der Waals surface area (Å²) in [7, 11) is -2.89. The van der Waals surface area contributed by atoms with E-state index in [1.54, 1.807) is 4.90 Å². The molecule has 1 atom stereocenters. The molecular formula is C26H35NO4Si. The lowest BCUT2D eigenvalue weighted by molar-refractivity contribution is -0.130. The van der Waals surface area contributed by atoms with Crippen molar-refractivity contribution in [3.63, 3.8) is 0 Å². The number of rotatable bonds is 4. The van der Waals surface area contributed by atoms with Crippen molar-refractivity contribution in [2.45, 2.75) is 64.7 Å². The molecule has 1 saturated heterocycles. The molecule has 2 aromatic carbocycles. The number of ether oxygens (including phenoxy) is 1. The normalized spacial score (nSPS) is 17.9. The Labute approximate surface area is 192 Å². The number of piperidine rings is 1. The van der Waals surface area contributed by atoms with Crippen molar-refractivity contribution in [1.82, 2.24) is 4.90 Å². The van der Waals surface area contributed by atoms with Crippen LogP contribution in [0.3, 0.4) is 0 Å². The minimum atomic E-state index is -2.89. The van der Waals surface area contributed by atoms with E-state index in [-0.39, 0.29) is 23.8 Å². The molecule has 1 fully saturated rings. The van der Waals surface area contributed by atoms with Gasteiger partial charge in [-0.3, -0.25) is 4.79 Å². The Morgan fingerprint density at radius 2 is 1.41 bits per heavy atom. The standard InChI is InChI=1S/C26H35NO4Si/c1-25(2,3)30-24(29)27-18-17-22(28)23(19-27)31-32(26(4,5)6,20-13-9-7-10-14-20)21-15-11-8-12-16-21/h7-16,23H,17-19H2,1-6H3. The van der Waals surface area contributed by atoms with Crippen molar-refractivity contribution in [3.05, 3.63) is 60.7 Å². The molecule has 0 spiro atoms. The Kier molecular flexibility index (Phi) is 6.96. The summed E-state index contributed by atoms with van der Waals surface area (Å²) in [6.07, 6.45) is -0.828. The third-order valence-electron chi connectivity index (χ3n) is 5.76. The summed E-state index contributed by atoms with van der Waals surface area (Å²) in [6, 6.07) is 20.5. The van der Waals surface area contributed by atoms with Gasteiger partial charge in [0.2, 0.25) is 0 Å². The number of benzene rings is 2. The van der Waals surface area contributed by atoms with E-state index in [9.17, 15) is 9.59 Å². The zero-order valence-corrected chi connectivity index (χ0v) is 21.1. The van der Waals surface area contributed by atoms with Gasteiger partial charge >= 0.3 is 6.09 Å². The van der Waals surface area contributed by atoms with Crippen LogP contribution in [0, 0.1) is 0 Å². The van der Waals surface area contributed by atoms with Crippen LogP contribution in [0.15, 0.2) is 60.7 Å². The van der Waals surface area contributed by atoms with Gasteiger partial charge in [0.1, 0.15) is 11.7 Å². The molecule has 1 unspecified atom stereocenters. The van der Waals surface area contributed by atoms with E-state index in [1.165, 1.54) is 0 Å². The predicted molar refractivity (Wildman–Crippen MR) is 130 cm³/mol. The van der Waals surface area contributed by atoms with Gasteiger partial charge in [-0.15, -0.1) is 0 Å². The van der Waals surface area contributed by atoms with Crippen molar-refractivity contribution >= 4 is 30.6 Å². The summed E-state index contributed by atoms with van der Waals surface area (Å²) in [5.74, 6) is 0.0396. The zero-order chi connectivity index (χ0) is 23.6. The van der Waals surface area contributed by atoms with Crippen LogP contribution in [0.2, 0.25) is 5.04 Å². The van der Waals surface area contributed by atoms with Crippen LogP contribution in [0.5, 0.6) is 0 Å². The molecule has 0 bridgehead atoms. The second-order valence-corrected chi connectivity index (χ2v) is 14.7. The van der Waals surface area contributed by atoms with Crippen molar-refractivity contribution < 1.29 is 18.8 Å². The molecule has 6 heteroatoms. The summed E-state index contributed by atoms with van der Waals surface area (Å²) in [6.45, 7) is 12.6. The fourth-order valence-corrected chi connectivity index (χ4v) is 8.95. The third-order valence-corrected chi connectivity index (χ3v) is 10.8. The lowest BCUT2D eigenvalue weighted by Crippen LogP contribution is -2.69. The van der Waals surface area contributed by atoms with E-state index in [2.05, 4.69) is 45.0 Å². The van der Waals surface area contributed by atoms with Gasteiger partial charge in [0.15, 0.2) is 5.78 Å². The maximum Gasteiger partial charge on any atom is 0.410 e. The zero-order valence-electron chi connectivity index (χ0n) is 20.1. The molecule has 1 aliphatic rings. The fraction of sp³-hybridized carbons (Fsp3) is 0.462. The predicted octanol–water partition coefficient (Wildman–Crippen LogP) is 4.14. The van der Waals surface area contributed by atoms with E-state index < -0.39 is 26.1 Å². The highest BCUT2D eigenvalue weighted by Gasteiger charge is 2.53. The first-order chi connectivity index (χ1) is 14.9. The fourth-order valence-electron chi connectivity index (χ4n) is 4.30. The number of likely N-dealkylation sites (tertiary alicyclic amines) is 1. The number of amides is 1. The molecule has 2 aromatic rings. The molecule has 0 saturated carbocycles. The van der Waals surface area contributed by atoms with Crippen molar-refractivity contribution in [3.8, 4) is 0 Å². The monoisotopic (exact) mass is 453 g/mol. The third kappa shape index (κ3) is 5.13. The first kappa shape index (κ1) is 24.2. The van der Waals surface area contributed by atoms with Gasteiger partial charge in [-0.2, -0.15) is 0 Å². The van der Waals surface area contributed by atoms with Gasteiger partial charge < -0.3 is 14.1 Å². The Bertz CT molecular complexity index is 892. The Morgan fingerprint density at radius 3 is 1.84 bits per heavy atom. The van der Waals surface area contributed by atoms with Crippen molar-refractivity contribution in [2.24, 2.45) is 0 Å². The summed E-state index contributed by atoms with van der Waals surface area (Å²) in [5.41, 5.74) is -0.590. The van der Waals surface area contributed by atoms with Crippen LogP contribution in [0.4, 0.5) is 4.79 Å². The van der Waals surface area contributed by atoms with Gasteiger partial charge in [0, 0.05) is 13.0 Å². The lowest BCUT2D eigenvalue weighted by Gasteiger charge is -2.46. The molecule has 3 rings (SSSR count). The molecule has 0 aliphatic carbocycles. The topological polar surface area (TPSA) is 55.8 Å². The first-order valence-corrected chi connectivity index (χ1v) is 13.1. The number of carbonyl (C=O) groups is 2. The van der Waals surface area contributed by atoms with Gasteiger partial charge in [-0.25, -0.2) is 4.79 Å². The molecular weight excluding hydrogens is 418 g/mol. The maximum absolute atomic E-state index is 13.0. The first-order valence-electron chi connectivity index (χ1n) is 11.2. The average Bonchev–Trinajstić information content (AvgIpc) is 2.72. The largest absolute Gasteiger partial charge is 0.444 e. The van der Waals surface area contributed by atoms with Crippen molar-refractivity contribution in [2.75, 3.05) is 13.1 Å². The highest BCUT2D eigenvalue weighted by molar-refractivity contribution is 6.99. The highest BCUT2D eigenvalue weighted by atomic mass is 28.4. The number of carbonyl (C=O) groups excluding carboxylic acids is 2. The van der Waals surface area contributed by atoms with E-state index in [1.807, 2.05) is 57.2 Å². The van der Waals surface area contributed by atoms with E-state index in [4.69, 9.17) is 9.16 Å². The second-order valence-electron chi connectivity index (χ2n) is 10.4. The Balaban J connectivity index is 2.03. The molecule has 0 radical (unpaired) electrons. The molecule has 1 heterocycles. The summed E-state index contributed by atoms with van der Waals surface area (Å²) < 4.78 is 12.5. The van der Waals surface area contributed by atoms with Crippen LogP contribution in [0.25, 0.3) is 0 Å². The van der Waals surface area contributed by atoms with Crippen LogP contribution in [-0.4, -0.2) is 49.9 Å². The van der Waals surface area contributed by atoms with Gasteiger partial charge in [0.25, 0.3) is 8.32 Å². The molecule has 5 nitrogen and oxygen atoms in total. The molecule has 0 aromatic heterocycles. The minimum absolute atomic E-state index is 0.0396. The van der Waals surface area contributed by atoms with Crippen LogP contribution < -0.4 is 10.4 Å². The van der Waals surface area contributed by atoms with Gasteiger partial charge in [0.05, 0.1) is 6.54 Å². The highest BCUT2D eigenvalue weighted by Crippen LogP contribution is 2.38. The number of hydrogen-bond donors (Lipinski definition) is 0. The maximum atomic E-state index is 13.0. The van der Waals surface area contributed by atoms with E-state index in [0.29, 0.717) is 6.54 Å². The molecule has 172 valence electrons. The smallest absolute Gasteiger partial charge is 0.410 e. The van der Waals surface area contributed by atoms with Crippen LogP contribution >= 0.6 is 0 Å². The van der Waals surface area contributed by atoms with Crippen molar-refractivity contribution in [1.29, 1.82) is 0 Å². The molecule has 32 heavy (non-hydrogen) atoms. The van der Waals surface area contributed by atoms with Crippen LogP contribution in [-0.2, 0) is 14.0 Å². The minimum Gasteiger partial charge on any atom is -0.444 e. The number of ketones is 1. The number of hydrogen-bond acceptors (Lipinski definition) is 4. The summed E-state index contributed by atoms with van der Waals surface area (Å²) in [5, 5.41) is 1.98. The Hall–Kier alpha value is -2.44. The summed E-state index contributed by atoms with van der Waals surface area (Å²) >= 11 is 0. The molecule has 0 N–H and O–H groups in total. The van der Waals surface area contributed by atoms with Gasteiger partial charge in [-0.05, 0) is 36.2 Å². The SMILES string of the molecule is CC(C)(C)OC(=O)N1CCC(=O)C(O[Si](c2ccccc2)(c2ccccc2)C(C)(C)C)C1. The second kappa shape index (κ2) is 9.20. The molecule has 1 aliphatic heterocycles. The lowest BCUT2D eigenvalue weighted by atomic mass is 10.1. The number of Topliss-reactive ketones (excluding diaryl/α,β-unsaturated/α-hetero) is 1. The quantitative estimate of drug-likeness (QED) is 0.653. The number of nitrogens with zero attached hydrogens (tertiary/aromatic N) is 1. The van der Waals surface area contributed by atoms with Gasteiger partial charge in [-0.1, -0.05) is 81.4 Å². The summed E-state index contributed by atoms with van der Waals surface area (Å²) in [4.78, 5) is 27.4. The average molecular weight is 454 g/mol. The van der Waals surface area contributed by atoms with E-state index >= 15 is 0 Å².